The normalized spacial score (nSPS) is 17.6. The quantitative estimate of drug-likeness (QED) is 0.876. The van der Waals surface area contributed by atoms with Crippen LogP contribution in [-0.2, 0) is 6.42 Å². The summed E-state index contributed by atoms with van der Waals surface area (Å²) in [6.07, 6.45) is 9.97. The lowest BCUT2D eigenvalue weighted by molar-refractivity contribution is 0.409. The van der Waals surface area contributed by atoms with Crippen molar-refractivity contribution in [1.29, 1.82) is 0 Å². The largest absolute Gasteiger partial charge is 0.468 e. The Morgan fingerprint density at radius 2 is 2.25 bits per heavy atom. The molecule has 108 valence electrons. The van der Waals surface area contributed by atoms with Gasteiger partial charge in [-0.05, 0) is 37.6 Å². The number of hydrogen-bond acceptors (Lipinski definition) is 3. The van der Waals surface area contributed by atoms with E-state index in [4.69, 9.17) is 9.52 Å². The van der Waals surface area contributed by atoms with Crippen molar-refractivity contribution in [1.82, 2.24) is 15.1 Å². The molecule has 4 heteroatoms. The molecule has 0 aromatic carbocycles. The molecule has 2 heterocycles. The van der Waals surface area contributed by atoms with Crippen molar-refractivity contribution in [2.24, 2.45) is 0 Å². The third-order valence-corrected chi connectivity index (χ3v) is 4.11. The first kappa shape index (κ1) is 13.4. The van der Waals surface area contributed by atoms with Crippen LogP contribution in [0.4, 0.5) is 0 Å². The maximum absolute atomic E-state index is 5.53. The van der Waals surface area contributed by atoms with Crippen molar-refractivity contribution in [3.63, 3.8) is 0 Å². The third-order valence-electron chi connectivity index (χ3n) is 4.11. The summed E-state index contributed by atoms with van der Waals surface area (Å²) in [6.45, 7) is 3.04. The number of hydrogen-bond donors (Lipinski definition) is 1. The van der Waals surface area contributed by atoms with Gasteiger partial charge in [0.05, 0.1) is 24.0 Å². The molecule has 3 rings (SSSR count). The zero-order chi connectivity index (χ0) is 13.8. The van der Waals surface area contributed by atoms with E-state index >= 15 is 0 Å². The zero-order valence-electron chi connectivity index (χ0n) is 12.1. The van der Waals surface area contributed by atoms with Gasteiger partial charge >= 0.3 is 0 Å². The molecule has 0 amide bonds. The van der Waals surface area contributed by atoms with Gasteiger partial charge in [0.25, 0.3) is 0 Å². The number of aromatic nitrogens is 2. The highest BCUT2D eigenvalue weighted by Gasteiger charge is 2.19. The number of likely N-dealkylation sites (N-methyl/N-ethyl adjacent to an activating group) is 1. The molecular weight excluding hydrogens is 250 g/mol. The Bertz CT molecular complexity index is 512. The summed E-state index contributed by atoms with van der Waals surface area (Å²) in [6, 6.07) is 6.94. The van der Waals surface area contributed by atoms with Gasteiger partial charge in [-0.1, -0.05) is 19.8 Å². The molecule has 0 aliphatic heterocycles. The van der Waals surface area contributed by atoms with Crippen LogP contribution >= 0.6 is 0 Å². The van der Waals surface area contributed by atoms with E-state index in [1.165, 1.54) is 25.7 Å². The lowest BCUT2D eigenvalue weighted by atomic mass is 10.1. The van der Waals surface area contributed by atoms with Gasteiger partial charge in [0, 0.05) is 12.6 Å². The topological polar surface area (TPSA) is 43.0 Å². The smallest absolute Gasteiger partial charge is 0.121 e. The van der Waals surface area contributed by atoms with Crippen LogP contribution in [-0.4, -0.2) is 16.3 Å². The average Bonchev–Trinajstić information content (AvgIpc) is 3.20. The van der Waals surface area contributed by atoms with E-state index in [1.54, 1.807) is 6.26 Å². The fourth-order valence-electron chi connectivity index (χ4n) is 3.08. The Kier molecular flexibility index (Phi) is 4.21. The van der Waals surface area contributed by atoms with Gasteiger partial charge in [0.1, 0.15) is 5.76 Å². The number of rotatable bonds is 6. The van der Waals surface area contributed by atoms with Gasteiger partial charge in [0.15, 0.2) is 0 Å². The van der Waals surface area contributed by atoms with Crippen LogP contribution in [0.25, 0.3) is 0 Å². The van der Waals surface area contributed by atoms with E-state index in [1.807, 2.05) is 12.1 Å². The molecule has 4 nitrogen and oxygen atoms in total. The van der Waals surface area contributed by atoms with Crippen LogP contribution in [0, 0.1) is 0 Å². The van der Waals surface area contributed by atoms with Crippen LogP contribution in [0.5, 0.6) is 0 Å². The molecule has 0 bridgehead atoms. The predicted molar refractivity (Wildman–Crippen MR) is 78.6 cm³/mol. The standard InChI is InChI=1S/C16H23N3O/c1-2-17-15(16-8-5-11-20-16)12-13-9-10-19(18-13)14-6-3-4-7-14/h5,8-11,14-15,17H,2-4,6-7,12H2,1H3. The summed E-state index contributed by atoms with van der Waals surface area (Å²) in [5, 5.41) is 8.23. The number of nitrogens with zero attached hydrogens (tertiary/aromatic N) is 2. The van der Waals surface area contributed by atoms with Crippen molar-refractivity contribution in [2.75, 3.05) is 6.54 Å². The maximum Gasteiger partial charge on any atom is 0.121 e. The lowest BCUT2D eigenvalue weighted by Crippen LogP contribution is -2.22. The molecular formula is C16H23N3O. The van der Waals surface area contributed by atoms with Crippen molar-refractivity contribution >= 4 is 0 Å². The maximum atomic E-state index is 5.53. The number of nitrogens with one attached hydrogen (secondary N) is 1. The highest BCUT2D eigenvalue weighted by molar-refractivity contribution is 5.10. The fourth-order valence-corrected chi connectivity index (χ4v) is 3.08. The number of furan rings is 1. The minimum absolute atomic E-state index is 0.210. The molecule has 0 spiro atoms. The molecule has 1 saturated carbocycles. The molecule has 0 saturated heterocycles. The molecule has 1 aliphatic carbocycles. The van der Waals surface area contributed by atoms with Crippen molar-refractivity contribution in [2.45, 2.75) is 51.1 Å². The van der Waals surface area contributed by atoms with Crippen LogP contribution in [0.15, 0.2) is 35.1 Å². The molecule has 20 heavy (non-hydrogen) atoms. The second kappa shape index (κ2) is 6.27. The summed E-state index contributed by atoms with van der Waals surface area (Å²) in [7, 11) is 0. The third kappa shape index (κ3) is 2.96. The minimum atomic E-state index is 0.210. The van der Waals surface area contributed by atoms with Crippen molar-refractivity contribution < 1.29 is 4.42 Å². The van der Waals surface area contributed by atoms with Gasteiger partial charge in [-0.3, -0.25) is 4.68 Å². The highest BCUT2D eigenvalue weighted by Crippen LogP contribution is 2.29. The second-order valence-electron chi connectivity index (χ2n) is 5.56. The minimum Gasteiger partial charge on any atom is -0.468 e. The first-order valence-corrected chi connectivity index (χ1v) is 7.67. The summed E-state index contributed by atoms with van der Waals surface area (Å²) in [5.41, 5.74) is 1.14. The van der Waals surface area contributed by atoms with Gasteiger partial charge in [-0.25, -0.2) is 0 Å². The van der Waals surface area contributed by atoms with Crippen LogP contribution in [0.3, 0.4) is 0 Å². The monoisotopic (exact) mass is 273 g/mol. The lowest BCUT2D eigenvalue weighted by Gasteiger charge is -2.14. The van der Waals surface area contributed by atoms with Gasteiger partial charge < -0.3 is 9.73 Å². The Morgan fingerprint density at radius 1 is 1.40 bits per heavy atom. The highest BCUT2D eigenvalue weighted by atomic mass is 16.3. The molecule has 2 aromatic heterocycles. The van der Waals surface area contributed by atoms with E-state index in [0.717, 1.165) is 24.4 Å². The molecule has 1 atom stereocenters. The predicted octanol–water partition coefficient (Wildman–Crippen LogP) is 3.48. The van der Waals surface area contributed by atoms with Crippen LogP contribution in [0.2, 0.25) is 0 Å². The fraction of sp³-hybridized carbons (Fsp3) is 0.562. The average molecular weight is 273 g/mol. The Morgan fingerprint density at radius 3 is 2.95 bits per heavy atom. The summed E-state index contributed by atoms with van der Waals surface area (Å²) in [4.78, 5) is 0. The Balaban J connectivity index is 1.69. The van der Waals surface area contributed by atoms with Crippen molar-refractivity contribution in [3.05, 3.63) is 42.1 Å². The summed E-state index contributed by atoms with van der Waals surface area (Å²) < 4.78 is 7.69. The summed E-state index contributed by atoms with van der Waals surface area (Å²) >= 11 is 0. The van der Waals surface area contributed by atoms with E-state index in [-0.39, 0.29) is 6.04 Å². The van der Waals surface area contributed by atoms with Crippen LogP contribution in [0.1, 0.15) is 56.1 Å². The Labute approximate surface area is 120 Å². The van der Waals surface area contributed by atoms with Gasteiger partial charge in [0.2, 0.25) is 0 Å². The molecule has 0 radical (unpaired) electrons. The first-order valence-electron chi connectivity index (χ1n) is 7.67. The molecule has 1 aliphatic rings. The van der Waals surface area contributed by atoms with E-state index < -0.39 is 0 Å². The zero-order valence-corrected chi connectivity index (χ0v) is 12.1. The molecule has 2 aromatic rings. The van der Waals surface area contributed by atoms with Gasteiger partial charge in [-0.15, -0.1) is 0 Å². The summed E-state index contributed by atoms with van der Waals surface area (Å²) in [5.74, 6) is 0.988. The van der Waals surface area contributed by atoms with E-state index in [0.29, 0.717) is 6.04 Å². The molecule has 1 fully saturated rings. The van der Waals surface area contributed by atoms with E-state index in [2.05, 4.69) is 29.2 Å². The first-order chi connectivity index (χ1) is 9.86. The molecule has 1 N–H and O–H groups in total. The second-order valence-corrected chi connectivity index (χ2v) is 5.56. The van der Waals surface area contributed by atoms with E-state index in [9.17, 15) is 0 Å². The van der Waals surface area contributed by atoms with Gasteiger partial charge in [-0.2, -0.15) is 5.10 Å². The molecule has 1 unspecified atom stereocenters. The SMILES string of the molecule is CCNC(Cc1ccn(C2CCCC2)n1)c1ccco1. The van der Waals surface area contributed by atoms with Crippen LogP contribution < -0.4 is 5.32 Å². The Hall–Kier alpha value is -1.55. The van der Waals surface area contributed by atoms with Crippen molar-refractivity contribution in [3.8, 4) is 0 Å².